The molecule has 2 aromatic carbocycles. The number of para-hydroxylation sites is 1. The molecule has 1 amide bonds. The summed E-state index contributed by atoms with van der Waals surface area (Å²) in [7, 11) is 0. The van der Waals surface area contributed by atoms with E-state index in [1.165, 1.54) is 0 Å². The van der Waals surface area contributed by atoms with E-state index in [9.17, 15) is 4.79 Å². The highest BCUT2D eigenvalue weighted by molar-refractivity contribution is 7.80. The Morgan fingerprint density at radius 3 is 2.50 bits per heavy atom. The SMILES string of the molecule is CCN(CC)C(=O)C1CCCN(C(=S)Nc2ccccc2-c2ccccc2)C1. The average Bonchev–Trinajstić information content (AvgIpc) is 2.75. The van der Waals surface area contributed by atoms with Gasteiger partial charge in [0.15, 0.2) is 5.11 Å². The van der Waals surface area contributed by atoms with E-state index in [1.807, 2.05) is 49.1 Å². The molecular weight excluding hydrogens is 366 g/mol. The molecule has 1 N–H and O–H groups in total. The van der Waals surface area contributed by atoms with E-state index in [-0.39, 0.29) is 11.8 Å². The number of amides is 1. The molecule has 0 aromatic heterocycles. The summed E-state index contributed by atoms with van der Waals surface area (Å²) in [6.45, 7) is 7.18. The molecule has 1 atom stereocenters. The van der Waals surface area contributed by atoms with Crippen molar-refractivity contribution in [1.29, 1.82) is 0 Å². The molecule has 5 heteroatoms. The van der Waals surface area contributed by atoms with E-state index < -0.39 is 0 Å². The monoisotopic (exact) mass is 395 g/mol. The number of nitrogens with one attached hydrogen (secondary N) is 1. The first-order chi connectivity index (χ1) is 13.6. The van der Waals surface area contributed by atoms with Crippen molar-refractivity contribution in [2.24, 2.45) is 5.92 Å². The number of hydrogen-bond acceptors (Lipinski definition) is 2. The van der Waals surface area contributed by atoms with Gasteiger partial charge >= 0.3 is 0 Å². The molecule has 0 saturated carbocycles. The summed E-state index contributed by atoms with van der Waals surface area (Å²) in [5.74, 6) is 0.278. The van der Waals surface area contributed by atoms with Crippen molar-refractivity contribution in [2.75, 3.05) is 31.5 Å². The van der Waals surface area contributed by atoms with Gasteiger partial charge in [0, 0.05) is 37.4 Å². The van der Waals surface area contributed by atoms with Crippen molar-refractivity contribution in [2.45, 2.75) is 26.7 Å². The molecule has 1 unspecified atom stereocenters. The molecule has 0 aliphatic carbocycles. The summed E-state index contributed by atoms with van der Waals surface area (Å²) in [6.07, 6.45) is 1.93. The van der Waals surface area contributed by atoms with Gasteiger partial charge in [0.25, 0.3) is 0 Å². The zero-order chi connectivity index (χ0) is 19.9. The Morgan fingerprint density at radius 2 is 1.79 bits per heavy atom. The van der Waals surface area contributed by atoms with Crippen molar-refractivity contribution in [3.05, 3.63) is 54.6 Å². The number of benzene rings is 2. The van der Waals surface area contributed by atoms with Crippen LogP contribution in [-0.4, -0.2) is 47.0 Å². The van der Waals surface area contributed by atoms with Gasteiger partial charge in [-0.05, 0) is 50.5 Å². The van der Waals surface area contributed by atoms with E-state index in [0.717, 1.165) is 49.3 Å². The molecule has 148 valence electrons. The first kappa shape index (κ1) is 20.3. The summed E-state index contributed by atoms with van der Waals surface area (Å²) in [4.78, 5) is 16.8. The lowest BCUT2D eigenvalue weighted by Gasteiger charge is -2.36. The normalized spacial score (nSPS) is 16.5. The van der Waals surface area contributed by atoms with E-state index >= 15 is 0 Å². The minimum atomic E-state index is 0.0257. The molecule has 2 aromatic rings. The predicted octanol–water partition coefficient (Wildman–Crippen LogP) is 4.63. The van der Waals surface area contributed by atoms with Gasteiger partial charge < -0.3 is 15.1 Å². The zero-order valence-electron chi connectivity index (χ0n) is 16.7. The summed E-state index contributed by atoms with van der Waals surface area (Å²) < 4.78 is 0. The minimum absolute atomic E-state index is 0.0257. The lowest BCUT2D eigenvalue weighted by Crippen LogP contribution is -2.47. The lowest BCUT2D eigenvalue weighted by molar-refractivity contribution is -0.136. The van der Waals surface area contributed by atoms with Gasteiger partial charge in [0.1, 0.15) is 0 Å². The smallest absolute Gasteiger partial charge is 0.227 e. The van der Waals surface area contributed by atoms with Crippen LogP contribution in [0.15, 0.2) is 54.6 Å². The average molecular weight is 396 g/mol. The van der Waals surface area contributed by atoms with Crippen molar-refractivity contribution in [1.82, 2.24) is 9.80 Å². The lowest BCUT2D eigenvalue weighted by atomic mass is 9.96. The molecule has 0 radical (unpaired) electrons. The quantitative estimate of drug-likeness (QED) is 0.749. The van der Waals surface area contributed by atoms with E-state index in [4.69, 9.17) is 12.2 Å². The summed E-state index contributed by atoms with van der Waals surface area (Å²) in [5.41, 5.74) is 3.27. The van der Waals surface area contributed by atoms with Crippen molar-refractivity contribution in [3.63, 3.8) is 0 Å². The van der Waals surface area contributed by atoms with Crippen LogP contribution in [0.25, 0.3) is 11.1 Å². The number of piperidine rings is 1. The van der Waals surface area contributed by atoms with Gasteiger partial charge in [0.05, 0.1) is 5.92 Å². The van der Waals surface area contributed by atoms with Crippen LogP contribution >= 0.6 is 12.2 Å². The number of hydrogen-bond donors (Lipinski definition) is 1. The number of rotatable bonds is 5. The Balaban J connectivity index is 1.71. The zero-order valence-corrected chi connectivity index (χ0v) is 17.5. The molecule has 1 aliphatic heterocycles. The van der Waals surface area contributed by atoms with Gasteiger partial charge in [-0.3, -0.25) is 4.79 Å². The minimum Gasteiger partial charge on any atom is -0.348 e. The second-order valence-electron chi connectivity index (χ2n) is 7.14. The summed E-state index contributed by atoms with van der Waals surface area (Å²) in [5, 5.41) is 4.12. The van der Waals surface area contributed by atoms with E-state index in [1.54, 1.807) is 0 Å². The van der Waals surface area contributed by atoms with Crippen LogP contribution in [0.4, 0.5) is 5.69 Å². The maximum Gasteiger partial charge on any atom is 0.227 e. The molecule has 1 fully saturated rings. The van der Waals surface area contributed by atoms with Gasteiger partial charge in [-0.2, -0.15) is 0 Å². The highest BCUT2D eigenvalue weighted by atomic mass is 32.1. The highest BCUT2D eigenvalue weighted by Crippen LogP contribution is 2.28. The molecule has 1 aliphatic rings. The van der Waals surface area contributed by atoms with Crippen LogP contribution in [-0.2, 0) is 4.79 Å². The van der Waals surface area contributed by atoms with Crippen molar-refractivity contribution < 1.29 is 4.79 Å². The van der Waals surface area contributed by atoms with Crippen molar-refractivity contribution >= 4 is 28.9 Å². The largest absolute Gasteiger partial charge is 0.348 e. The molecule has 1 heterocycles. The van der Waals surface area contributed by atoms with Crippen LogP contribution in [0.3, 0.4) is 0 Å². The third kappa shape index (κ3) is 4.71. The van der Waals surface area contributed by atoms with E-state index in [2.05, 4.69) is 34.5 Å². The fourth-order valence-corrected chi connectivity index (χ4v) is 4.09. The second kappa shape index (κ2) is 9.69. The number of likely N-dealkylation sites (tertiary alicyclic amines) is 1. The van der Waals surface area contributed by atoms with Gasteiger partial charge in [0.2, 0.25) is 5.91 Å². The van der Waals surface area contributed by atoms with Gasteiger partial charge in [-0.25, -0.2) is 0 Å². The van der Waals surface area contributed by atoms with Crippen LogP contribution in [0, 0.1) is 5.92 Å². The molecule has 0 spiro atoms. The summed E-state index contributed by atoms with van der Waals surface area (Å²) in [6, 6.07) is 18.5. The van der Waals surface area contributed by atoms with Gasteiger partial charge in [-0.1, -0.05) is 48.5 Å². The Hall–Kier alpha value is -2.40. The van der Waals surface area contributed by atoms with Gasteiger partial charge in [-0.15, -0.1) is 0 Å². The maximum absolute atomic E-state index is 12.8. The highest BCUT2D eigenvalue weighted by Gasteiger charge is 2.29. The molecule has 3 rings (SSSR count). The van der Waals surface area contributed by atoms with Crippen LogP contribution in [0.2, 0.25) is 0 Å². The Bertz CT molecular complexity index is 805. The number of thiocarbonyl (C=S) groups is 1. The number of carbonyl (C=O) groups excluding carboxylic acids is 1. The maximum atomic E-state index is 12.8. The molecule has 28 heavy (non-hydrogen) atoms. The van der Waals surface area contributed by atoms with E-state index in [0.29, 0.717) is 11.7 Å². The molecule has 4 nitrogen and oxygen atoms in total. The van der Waals surface area contributed by atoms with Crippen LogP contribution in [0.5, 0.6) is 0 Å². The van der Waals surface area contributed by atoms with Crippen molar-refractivity contribution in [3.8, 4) is 11.1 Å². The Kier molecular flexibility index (Phi) is 7.04. The Labute approximate surface area is 173 Å². The molecular formula is C23H29N3OS. The number of carbonyl (C=O) groups is 1. The molecule has 0 bridgehead atoms. The predicted molar refractivity (Wildman–Crippen MR) is 120 cm³/mol. The second-order valence-corrected chi connectivity index (χ2v) is 7.52. The summed E-state index contributed by atoms with van der Waals surface area (Å²) >= 11 is 5.72. The fraction of sp³-hybridized carbons (Fsp3) is 0.391. The first-order valence-electron chi connectivity index (χ1n) is 10.1. The molecule has 1 saturated heterocycles. The fourth-order valence-electron chi connectivity index (χ4n) is 3.81. The number of anilines is 1. The Morgan fingerprint density at radius 1 is 1.11 bits per heavy atom. The standard InChI is InChI=1S/C23H29N3OS/c1-3-25(4-2)22(27)19-13-10-16-26(17-19)23(28)24-21-15-9-8-14-20(21)18-11-6-5-7-12-18/h5-9,11-12,14-15,19H,3-4,10,13,16-17H2,1-2H3,(H,24,28). The van der Waals surface area contributed by atoms with Crippen LogP contribution in [0.1, 0.15) is 26.7 Å². The van der Waals surface area contributed by atoms with Crippen LogP contribution < -0.4 is 5.32 Å². The number of nitrogens with zero attached hydrogens (tertiary/aromatic N) is 2. The first-order valence-corrected chi connectivity index (χ1v) is 10.5. The topological polar surface area (TPSA) is 35.6 Å². The third-order valence-electron chi connectivity index (χ3n) is 5.39. The third-order valence-corrected chi connectivity index (χ3v) is 5.75.